The minimum atomic E-state index is -0.614. The predicted molar refractivity (Wildman–Crippen MR) is 77.7 cm³/mol. The summed E-state index contributed by atoms with van der Waals surface area (Å²) in [4.78, 5) is 11.4. The fourth-order valence-electron chi connectivity index (χ4n) is 2.05. The van der Waals surface area contributed by atoms with E-state index in [-0.39, 0.29) is 0 Å². The summed E-state index contributed by atoms with van der Waals surface area (Å²) in [6.07, 6.45) is 6.61. The molecule has 0 bridgehead atoms. The number of nitrogens with two attached hydrogens (primary N) is 1. The summed E-state index contributed by atoms with van der Waals surface area (Å²) < 4.78 is 5.62. The average molecular weight is 263 g/mol. The minimum absolute atomic E-state index is 0.419. The van der Waals surface area contributed by atoms with Crippen molar-refractivity contribution in [1.29, 1.82) is 0 Å². The van der Waals surface area contributed by atoms with E-state index < -0.39 is 12.0 Å². The first-order valence-corrected chi connectivity index (χ1v) is 7.21. The molecule has 1 rings (SSSR count). The topological polar surface area (TPSA) is 52.3 Å². The molecule has 2 N–H and O–H groups in total. The molecule has 0 aliphatic rings. The molecule has 0 aromatic heterocycles. The minimum Gasteiger partial charge on any atom is -0.367 e. The largest absolute Gasteiger partial charge is 0.367 e. The fraction of sp³-hybridized carbons (Fsp3) is 0.562. The van der Waals surface area contributed by atoms with Crippen LogP contribution in [0.1, 0.15) is 57.1 Å². The van der Waals surface area contributed by atoms with Crippen molar-refractivity contribution in [1.82, 2.24) is 0 Å². The summed E-state index contributed by atoms with van der Waals surface area (Å²) in [6, 6.07) is 9.43. The van der Waals surface area contributed by atoms with Crippen molar-refractivity contribution in [2.75, 3.05) is 6.61 Å². The number of amides is 1. The van der Waals surface area contributed by atoms with Gasteiger partial charge in [-0.1, -0.05) is 69.4 Å². The lowest BCUT2D eigenvalue weighted by Crippen LogP contribution is -2.24. The van der Waals surface area contributed by atoms with E-state index in [1.54, 1.807) is 0 Å². The van der Waals surface area contributed by atoms with Gasteiger partial charge in [0.15, 0.2) is 6.10 Å². The van der Waals surface area contributed by atoms with Crippen LogP contribution in [0.5, 0.6) is 0 Å². The van der Waals surface area contributed by atoms with Gasteiger partial charge in [-0.25, -0.2) is 0 Å². The van der Waals surface area contributed by atoms with Crippen LogP contribution < -0.4 is 5.73 Å². The Morgan fingerprint density at radius 2 is 1.74 bits per heavy atom. The van der Waals surface area contributed by atoms with Crippen LogP contribution in [0, 0.1) is 0 Å². The Labute approximate surface area is 116 Å². The van der Waals surface area contributed by atoms with Crippen molar-refractivity contribution in [3.8, 4) is 0 Å². The molecule has 0 saturated heterocycles. The summed E-state index contributed by atoms with van der Waals surface area (Å²) in [5.41, 5.74) is 6.22. The summed E-state index contributed by atoms with van der Waals surface area (Å²) >= 11 is 0. The van der Waals surface area contributed by atoms with Crippen LogP contribution in [0.15, 0.2) is 30.3 Å². The normalized spacial score (nSPS) is 12.3. The van der Waals surface area contributed by atoms with E-state index in [4.69, 9.17) is 10.5 Å². The molecule has 106 valence electrons. The number of unbranched alkanes of at least 4 members (excludes halogenated alkanes) is 5. The van der Waals surface area contributed by atoms with Crippen molar-refractivity contribution in [3.63, 3.8) is 0 Å². The standard InChI is InChI=1S/C16H25NO2/c1-2-3-4-5-6-10-13-19-15(16(17)18)14-11-8-7-9-12-14/h7-9,11-12,15H,2-6,10,13H2,1H3,(H2,17,18). The third-order valence-electron chi connectivity index (χ3n) is 3.14. The maximum atomic E-state index is 11.4. The zero-order valence-electron chi connectivity index (χ0n) is 11.8. The molecular weight excluding hydrogens is 238 g/mol. The van der Waals surface area contributed by atoms with Crippen molar-refractivity contribution in [2.24, 2.45) is 5.73 Å². The van der Waals surface area contributed by atoms with Crippen molar-refractivity contribution in [2.45, 2.75) is 51.6 Å². The van der Waals surface area contributed by atoms with E-state index in [2.05, 4.69) is 6.92 Å². The van der Waals surface area contributed by atoms with Gasteiger partial charge in [0.2, 0.25) is 0 Å². The van der Waals surface area contributed by atoms with Gasteiger partial charge in [-0.3, -0.25) is 4.79 Å². The lowest BCUT2D eigenvalue weighted by atomic mass is 10.1. The molecule has 0 fully saturated rings. The monoisotopic (exact) mass is 263 g/mol. The summed E-state index contributed by atoms with van der Waals surface area (Å²) in [5.74, 6) is -0.419. The zero-order valence-corrected chi connectivity index (χ0v) is 11.8. The van der Waals surface area contributed by atoms with Gasteiger partial charge in [0, 0.05) is 6.61 Å². The first kappa shape index (κ1) is 15.7. The Balaban J connectivity index is 2.26. The molecule has 1 unspecified atom stereocenters. The molecule has 1 atom stereocenters. The van der Waals surface area contributed by atoms with Gasteiger partial charge in [0.05, 0.1) is 0 Å². The van der Waals surface area contributed by atoms with Crippen molar-refractivity contribution < 1.29 is 9.53 Å². The Hall–Kier alpha value is -1.35. The molecule has 1 aromatic rings. The van der Waals surface area contributed by atoms with Crippen LogP contribution in [0.4, 0.5) is 0 Å². The van der Waals surface area contributed by atoms with Crippen LogP contribution in [-0.2, 0) is 9.53 Å². The first-order chi connectivity index (χ1) is 9.25. The first-order valence-electron chi connectivity index (χ1n) is 7.21. The molecular formula is C16H25NO2. The fourth-order valence-corrected chi connectivity index (χ4v) is 2.05. The molecule has 0 spiro atoms. The molecule has 0 aliphatic heterocycles. The number of carbonyl (C=O) groups is 1. The van der Waals surface area contributed by atoms with Gasteiger partial charge >= 0.3 is 0 Å². The van der Waals surface area contributed by atoms with E-state index in [0.717, 1.165) is 18.4 Å². The maximum absolute atomic E-state index is 11.4. The lowest BCUT2D eigenvalue weighted by Gasteiger charge is -2.14. The van der Waals surface area contributed by atoms with Crippen molar-refractivity contribution in [3.05, 3.63) is 35.9 Å². The van der Waals surface area contributed by atoms with Crippen LogP contribution in [-0.4, -0.2) is 12.5 Å². The van der Waals surface area contributed by atoms with E-state index in [1.807, 2.05) is 30.3 Å². The maximum Gasteiger partial charge on any atom is 0.251 e. The zero-order chi connectivity index (χ0) is 13.9. The quantitative estimate of drug-likeness (QED) is 0.656. The van der Waals surface area contributed by atoms with Crippen LogP contribution >= 0.6 is 0 Å². The molecule has 0 saturated carbocycles. The number of ether oxygens (including phenoxy) is 1. The molecule has 0 aliphatic carbocycles. The molecule has 19 heavy (non-hydrogen) atoms. The Bertz CT molecular complexity index is 351. The number of primary amides is 1. The number of carbonyl (C=O) groups excluding carboxylic acids is 1. The highest BCUT2D eigenvalue weighted by molar-refractivity contribution is 5.80. The number of hydrogen-bond acceptors (Lipinski definition) is 2. The molecule has 3 nitrogen and oxygen atoms in total. The van der Waals surface area contributed by atoms with Gasteiger partial charge in [-0.2, -0.15) is 0 Å². The van der Waals surface area contributed by atoms with Crippen LogP contribution in [0.25, 0.3) is 0 Å². The highest BCUT2D eigenvalue weighted by Gasteiger charge is 2.17. The van der Waals surface area contributed by atoms with E-state index in [0.29, 0.717) is 6.61 Å². The Kier molecular flexibility index (Phi) is 7.91. The van der Waals surface area contributed by atoms with Gasteiger partial charge in [0.1, 0.15) is 0 Å². The number of rotatable bonds is 10. The summed E-state index contributed by atoms with van der Waals surface area (Å²) in [7, 11) is 0. The Morgan fingerprint density at radius 1 is 1.11 bits per heavy atom. The average Bonchev–Trinajstić information content (AvgIpc) is 2.42. The van der Waals surface area contributed by atoms with Gasteiger partial charge in [-0.05, 0) is 12.0 Å². The highest BCUT2D eigenvalue weighted by Crippen LogP contribution is 2.17. The second kappa shape index (κ2) is 9.56. The third-order valence-corrected chi connectivity index (χ3v) is 3.14. The Morgan fingerprint density at radius 3 is 2.37 bits per heavy atom. The summed E-state index contributed by atoms with van der Waals surface area (Å²) in [6.45, 7) is 2.80. The molecule has 0 radical (unpaired) electrons. The highest BCUT2D eigenvalue weighted by atomic mass is 16.5. The van der Waals surface area contributed by atoms with Gasteiger partial charge < -0.3 is 10.5 Å². The van der Waals surface area contributed by atoms with E-state index >= 15 is 0 Å². The SMILES string of the molecule is CCCCCCCCOC(C(N)=O)c1ccccc1. The smallest absolute Gasteiger partial charge is 0.251 e. The van der Waals surface area contributed by atoms with E-state index in [1.165, 1.54) is 25.7 Å². The molecule has 1 aromatic carbocycles. The van der Waals surface area contributed by atoms with Crippen molar-refractivity contribution >= 4 is 5.91 Å². The van der Waals surface area contributed by atoms with E-state index in [9.17, 15) is 4.79 Å². The molecule has 3 heteroatoms. The van der Waals surface area contributed by atoms with Gasteiger partial charge in [0.25, 0.3) is 5.91 Å². The number of hydrogen-bond donors (Lipinski definition) is 1. The second-order valence-corrected chi connectivity index (χ2v) is 4.83. The lowest BCUT2D eigenvalue weighted by molar-refractivity contribution is -0.130. The van der Waals surface area contributed by atoms with Gasteiger partial charge in [-0.15, -0.1) is 0 Å². The van der Waals surface area contributed by atoms with Crippen LogP contribution in [0.3, 0.4) is 0 Å². The summed E-state index contributed by atoms with van der Waals surface area (Å²) in [5, 5.41) is 0. The second-order valence-electron chi connectivity index (χ2n) is 4.83. The third kappa shape index (κ3) is 6.39. The van der Waals surface area contributed by atoms with Crippen LogP contribution in [0.2, 0.25) is 0 Å². The molecule has 1 amide bonds. The predicted octanol–water partition coefficient (Wildman–Crippen LogP) is 3.59. The molecule has 0 heterocycles. The number of benzene rings is 1.